The smallest absolute Gasteiger partial charge is 0.0458 e. The lowest BCUT2D eigenvalue weighted by Gasteiger charge is -1.97. The van der Waals surface area contributed by atoms with Gasteiger partial charge in [0, 0.05) is 16.6 Å². The number of aromatic amines is 1. The summed E-state index contributed by atoms with van der Waals surface area (Å²) in [6, 6.07) is 8.64. The Hall–Kier alpha value is -1.24. The van der Waals surface area contributed by atoms with Crippen molar-refractivity contribution >= 4 is 10.9 Å². The van der Waals surface area contributed by atoms with E-state index in [-0.39, 0.29) is 0 Å². The molecule has 0 amide bonds. The lowest BCUT2D eigenvalue weighted by molar-refractivity contribution is 0.836. The largest absolute Gasteiger partial charge is 0.358 e. The van der Waals surface area contributed by atoms with E-state index in [4.69, 9.17) is 0 Å². The summed E-state index contributed by atoms with van der Waals surface area (Å²) in [6.07, 6.45) is 0. The van der Waals surface area contributed by atoms with Gasteiger partial charge in [-0.3, -0.25) is 0 Å². The molecule has 1 N–H and O–H groups in total. The Morgan fingerprint density at radius 2 is 1.80 bits per heavy atom. The standard InChI is InChI=1S/C12H15N.C2H6/c1-8(2)12-7-10-9(3)5-4-6-11(10)13-12;1-2/h4-8,13H,1-3H3;1-2H3. The zero-order valence-electron chi connectivity index (χ0n) is 10.4. The number of rotatable bonds is 1. The van der Waals surface area contributed by atoms with Crippen molar-refractivity contribution in [2.75, 3.05) is 0 Å². The van der Waals surface area contributed by atoms with Crippen LogP contribution in [0.5, 0.6) is 0 Å². The Kier molecular flexibility index (Phi) is 3.96. The van der Waals surface area contributed by atoms with Crippen molar-refractivity contribution in [2.45, 2.75) is 40.5 Å². The van der Waals surface area contributed by atoms with Crippen LogP contribution >= 0.6 is 0 Å². The SMILES string of the molecule is CC.Cc1cccc2[nH]c(C(C)C)cc12. The number of aromatic nitrogens is 1. The second-order valence-electron chi connectivity index (χ2n) is 3.92. The van der Waals surface area contributed by atoms with Crippen LogP contribution < -0.4 is 0 Å². The van der Waals surface area contributed by atoms with Crippen molar-refractivity contribution < 1.29 is 0 Å². The molecule has 0 spiro atoms. The van der Waals surface area contributed by atoms with Crippen molar-refractivity contribution in [1.29, 1.82) is 0 Å². The van der Waals surface area contributed by atoms with E-state index in [1.165, 1.54) is 22.2 Å². The van der Waals surface area contributed by atoms with Gasteiger partial charge in [-0.25, -0.2) is 0 Å². The lowest BCUT2D eigenvalue weighted by Crippen LogP contribution is -1.84. The summed E-state index contributed by atoms with van der Waals surface area (Å²) in [6.45, 7) is 10.6. The summed E-state index contributed by atoms with van der Waals surface area (Å²) >= 11 is 0. The predicted molar refractivity (Wildman–Crippen MR) is 68.5 cm³/mol. The fourth-order valence-electron chi connectivity index (χ4n) is 1.64. The van der Waals surface area contributed by atoms with Gasteiger partial charge in [0.25, 0.3) is 0 Å². The lowest BCUT2D eigenvalue weighted by atomic mass is 10.1. The van der Waals surface area contributed by atoms with E-state index in [1.807, 2.05) is 13.8 Å². The zero-order valence-corrected chi connectivity index (χ0v) is 10.4. The molecule has 0 saturated carbocycles. The molecule has 1 aromatic carbocycles. The maximum atomic E-state index is 3.44. The molecule has 0 fully saturated rings. The van der Waals surface area contributed by atoms with Crippen LogP contribution in [0.4, 0.5) is 0 Å². The number of nitrogens with one attached hydrogen (secondary N) is 1. The molecule has 0 aliphatic carbocycles. The first kappa shape index (κ1) is 11.8. The van der Waals surface area contributed by atoms with Crippen molar-refractivity contribution in [3.05, 3.63) is 35.5 Å². The van der Waals surface area contributed by atoms with E-state index >= 15 is 0 Å². The van der Waals surface area contributed by atoms with Crippen molar-refractivity contribution in [2.24, 2.45) is 0 Å². The Balaban J connectivity index is 0.000000531. The average Bonchev–Trinajstić information content (AvgIpc) is 2.66. The van der Waals surface area contributed by atoms with Crippen LogP contribution in [0.1, 0.15) is 44.9 Å². The quantitative estimate of drug-likeness (QED) is 0.695. The number of aryl methyl sites for hydroxylation is 1. The summed E-state index contributed by atoms with van der Waals surface area (Å²) in [4.78, 5) is 3.44. The Labute approximate surface area is 92.5 Å². The normalized spacial score (nSPS) is 10.3. The summed E-state index contributed by atoms with van der Waals surface area (Å²) < 4.78 is 0. The number of benzene rings is 1. The van der Waals surface area contributed by atoms with E-state index in [0.29, 0.717) is 5.92 Å². The third-order valence-electron chi connectivity index (χ3n) is 2.52. The average molecular weight is 203 g/mol. The maximum absolute atomic E-state index is 3.44. The van der Waals surface area contributed by atoms with Gasteiger partial charge in [0.2, 0.25) is 0 Å². The molecular weight excluding hydrogens is 182 g/mol. The van der Waals surface area contributed by atoms with Crippen LogP contribution in [0.2, 0.25) is 0 Å². The van der Waals surface area contributed by atoms with E-state index in [9.17, 15) is 0 Å². The number of hydrogen-bond acceptors (Lipinski definition) is 0. The Morgan fingerprint density at radius 1 is 1.13 bits per heavy atom. The Morgan fingerprint density at radius 3 is 2.33 bits per heavy atom. The molecule has 1 heteroatoms. The Bertz CT molecular complexity index is 424. The molecule has 2 rings (SSSR count). The highest BCUT2D eigenvalue weighted by Gasteiger charge is 2.04. The molecule has 0 aliphatic heterocycles. The molecule has 0 saturated heterocycles. The fourth-order valence-corrected chi connectivity index (χ4v) is 1.64. The van der Waals surface area contributed by atoms with Crippen LogP contribution in [-0.4, -0.2) is 4.98 Å². The monoisotopic (exact) mass is 203 g/mol. The minimum atomic E-state index is 0.576. The van der Waals surface area contributed by atoms with Gasteiger partial charge in [0.1, 0.15) is 0 Å². The van der Waals surface area contributed by atoms with Crippen LogP contribution in [0.25, 0.3) is 10.9 Å². The summed E-state index contributed by atoms with van der Waals surface area (Å²) in [5.41, 5.74) is 3.92. The molecule has 2 aromatic rings. The van der Waals surface area contributed by atoms with Gasteiger partial charge in [-0.05, 0) is 30.5 Å². The third kappa shape index (κ3) is 2.41. The van der Waals surface area contributed by atoms with Crippen molar-refractivity contribution in [1.82, 2.24) is 4.98 Å². The molecule has 0 atom stereocenters. The predicted octanol–water partition coefficient (Wildman–Crippen LogP) is 4.63. The van der Waals surface area contributed by atoms with Crippen LogP contribution in [0.3, 0.4) is 0 Å². The molecule has 1 heterocycles. The third-order valence-corrected chi connectivity index (χ3v) is 2.52. The van der Waals surface area contributed by atoms with Crippen molar-refractivity contribution in [3.63, 3.8) is 0 Å². The van der Waals surface area contributed by atoms with Crippen LogP contribution in [-0.2, 0) is 0 Å². The molecule has 0 radical (unpaired) electrons. The molecule has 15 heavy (non-hydrogen) atoms. The summed E-state index contributed by atoms with van der Waals surface area (Å²) in [5, 5.41) is 1.35. The van der Waals surface area contributed by atoms with Gasteiger partial charge in [-0.1, -0.05) is 39.8 Å². The second kappa shape index (κ2) is 5.01. The first-order chi connectivity index (χ1) is 7.18. The van der Waals surface area contributed by atoms with Crippen LogP contribution in [0, 0.1) is 6.92 Å². The molecule has 0 aliphatic rings. The van der Waals surface area contributed by atoms with Gasteiger partial charge in [-0.15, -0.1) is 0 Å². The number of fused-ring (bicyclic) bond motifs is 1. The molecular formula is C14H21N. The summed E-state index contributed by atoms with van der Waals surface area (Å²) in [7, 11) is 0. The first-order valence-corrected chi connectivity index (χ1v) is 5.76. The highest BCUT2D eigenvalue weighted by molar-refractivity contribution is 5.83. The zero-order chi connectivity index (χ0) is 11.4. The molecule has 82 valence electrons. The highest BCUT2D eigenvalue weighted by atomic mass is 14.7. The molecule has 1 nitrogen and oxygen atoms in total. The van der Waals surface area contributed by atoms with Crippen LogP contribution in [0.15, 0.2) is 24.3 Å². The van der Waals surface area contributed by atoms with E-state index in [1.54, 1.807) is 0 Å². The fraction of sp³-hybridized carbons (Fsp3) is 0.429. The first-order valence-electron chi connectivity index (χ1n) is 5.76. The minimum Gasteiger partial charge on any atom is -0.358 e. The van der Waals surface area contributed by atoms with E-state index in [2.05, 4.69) is 50.0 Å². The topological polar surface area (TPSA) is 15.8 Å². The van der Waals surface area contributed by atoms with E-state index < -0.39 is 0 Å². The maximum Gasteiger partial charge on any atom is 0.0458 e. The van der Waals surface area contributed by atoms with Gasteiger partial charge >= 0.3 is 0 Å². The minimum absolute atomic E-state index is 0.576. The molecule has 1 aromatic heterocycles. The van der Waals surface area contributed by atoms with E-state index in [0.717, 1.165) is 0 Å². The molecule has 0 bridgehead atoms. The van der Waals surface area contributed by atoms with Crippen molar-refractivity contribution in [3.8, 4) is 0 Å². The second-order valence-corrected chi connectivity index (χ2v) is 3.92. The summed E-state index contributed by atoms with van der Waals surface area (Å²) in [5.74, 6) is 0.576. The molecule has 0 unspecified atom stereocenters. The van der Waals surface area contributed by atoms with Gasteiger partial charge in [-0.2, -0.15) is 0 Å². The van der Waals surface area contributed by atoms with Gasteiger partial charge in [0.05, 0.1) is 0 Å². The number of hydrogen-bond donors (Lipinski definition) is 1. The number of H-pyrrole nitrogens is 1. The van der Waals surface area contributed by atoms with Gasteiger partial charge in [0.15, 0.2) is 0 Å². The highest BCUT2D eigenvalue weighted by Crippen LogP contribution is 2.23. The van der Waals surface area contributed by atoms with Gasteiger partial charge < -0.3 is 4.98 Å².